The van der Waals surface area contributed by atoms with Crippen LogP contribution in [-0.2, 0) is 11.2 Å². The van der Waals surface area contributed by atoms with E-state index in [1.54, 1.807) is 0 Å². The molecule has 0 unspecified atom stereocenters. The topological polar surface area (TPSA) is 46.4 Å². The molecule has 0 spiro atoms. The quantitative estimate of drug-likeness (QED) is 0.930. The molecule has 4 nitrogen and oxygen atoms in total. The average molecular weight is 337 g/mol. The molecule has 132 valence electrons. The Morgan fingerprint density at radius 3 is 2.48 bits per heavy atom. The lowest BCUT2D eigenvalue weighted by Gasteiger charge is -2.56. The molecule has 2 heterocycles. The SMILES string of the molecule is Cc1nc2c(C)cccn2c1CC(=O)NC12CC3CC(CC(C3)C1)C2. The van der Waals surface area contributed by atoms with Crippen molar-refractivity contribution in [2.24, 2.45) is 17.8 Å². The van der Waals surface area contributed by atoms with Crippen LogP contribution in [0.15, 0.2) is 18.3 Å². The molecule has 0 atom stereocenters. The van der Waals surface area contributed by atoms with E-state index in [9.17, 15) is 4.79 Å². The maximum absolute atomic E-state index is 12.9. The van der Waals surface area contributed by atoms with Crippen LogP contribution in [0, 0.1) is 31.6 Å². The maximum Gasteiger partial charge on any atom is 0.226 e. The van der Waals surface area contributed by atoms with Crippen LogP contribution in [0.25, 0.3) is 5.65 Å². The third-order valence-electron chi connectivity index (χ3n) is 6.92. The Bertz CT molecular complexity index is 815. The number of carbonyl (C=O) groups excluding carboxylic acids is 1. The van der Waals surface area contributed by atoms with Crippen molar-refractivity contribution in [3.05, 3.63) is 35.3 Å². The first-order valence-corrected chi connectivity index (χ1v) is 9.75. The first kappa shape index (κ1) is 15.4. The molecule has 4 bridgehead atoms. The molecule has 4 heteroatoms. The van der Waals surface area contributed by atoms with Gasteiger partial charge in [0.1, 0.15) is 5.65 Å². The van der Waals surface area contributed by atoms with E-state index in [0.717, 1.165) is 40.4 Å². The summed E-state index contributed by atoms with van der Waals surface area (Å²) in [6, 6.07) is 4.10. The van der Waals surface area contributed by atoms with Gasteiger partial charge in [0.25, 0.3) is 0 Å². The van der Waals surface area contributed by atoms with E-state index < -0.39 is 0 Å². The molecule has 1 N–H and O–H groups in total. The van der Waals surface area contributed by atoms with Crippen LogP contribution in [0.5, 0.6) is 0 Å². The Morgan fingerprint density at radius 1 is 1.20 bits per heavy atom. The summed E-state index contributed by atoms with van der Waals surface area (Å²) < 4.78 is 2.09. The molecule has 2 aromatic heterocycles. The van der Waals surface area contributed by atoms with Gasteiger partial charge in [-0.25, -0.2) is 4.98 Å². The van der Waals surface area contributed by atoms with Crippen LogP contribution in [-0.4, -0.2) is 20.8 Å². The molecule has 6 rings (SSSR count). The number of imidazole rings is 1. The molecule has 4 fully saturated rings. The molecular weight excluding hydrogens is 310 g/mol. The Morgan fingerprint density at radius 2 is 1.84 bits per heavy atom. The van der Waals surface area contributed by atoms with Crippen molar-refractivity contribution in [2.45, 2.75) is 64.3 Å². The van der Waals surface area contributed by atoms with Crippen molar-refractivity contribution in [1.82, 2.24) is 14.7 Å². The van der Waals surface area contributed by atoms with Crippen molar-refractivity contribution in [3.63, 3.8) is 0 Å². The van der Waals surface area contributed by atoms with E-state index >= 15 is 0 Å². The Hall–Kier alpha value is -1.84. The molecule has 4 aliphatic rings. The highest BCUT2D eigenvalue weighted by atomic mass is 16.1. The van der Waals surface area contributed by atoms with E-state index in [1.807, 2.05) is 19.2 Å². The smallest absolute Gasteiger partial charge is 0.226 e. The minimum Gasteiger partial charge on any atom is -0.350 e. The Labute approximate surface area is 149 Å². The number of nitrogens with one attached hydrogen (secondary N) is 1. The van der Waals surface area contributed by atoms with Gasteiger partial charge in [0.15, 0.2) is 0 Å². The zero-order valence-corrected chi connectivity index (χ0v) is 15.2. The van der Waals surface area contributed by atoms with Crippen LogP contribution in [0.2, 0.25) is 0 Å². The third kappa shape index (κ3) is 2.49. The fourth-order valence-corrected chi connectivity index (χ4v) is 6.33. The number of amides is 1. The van der Waals surface area contributed by atoms with Crippen molar-refractivity contribution in [1.29, 1.82) is 0 Å². The van der Waals surface area contributed by atoms with Crippen molar-refractivity contribution >= 4 is 11.6 Å². The number of hydrogen-bond acceptors (Lipinski definition) is 2. The van der Waals surface area contributed by atoms with Gasteiger partial charge in [0.05, 0.1) is 17.8 Å². The lowest BCUT2D eigenvalue weighted by atomic mass is 9.53. The molecule has 0 saturated heterocycles. The van der Waals surface area contributed by atoms with Gasteiger partial charge in [-0.3, -0.25) is 4.79 Å². The summed E-state index contributed by atoms with van der Waals surface area (Å²) in [5.41, 5.74) is 4.21. The van der Waals surface area contributed by atoms with Crippen molar-refractivity contribution < 1.29 is 4.79 Å². The van der Waals surface area contributed by atoms with E-state index in [0.29, 0.717) is 6.42 Å². The summed E-state index contributed by atoms with van der Waals surface area (Å²) in [6.45, 7) is 4.08. The van der Waals surface area contributed by atoms with E-state index in [4.69, 9.17) is 0 Å². The minimum absolute atomic E-state index is 0.0934. The van der Waals surface area contributed by atoms with Gasteiger partial charge in [0.2, 0.25) is 5.91 Å². The predicted octanol–water partition coefficient (Wildman–Crippen LogP) is 3.58. The van der Waals surface area contributed by atoms with E-state index in [1.165, 1.54) is 38.5 Å². The van der Waals surface area contributed by atoms with Gasteiger partial charge < -0.3 is 9.72 Å². The third-order valence-corrected chi connectivity index (χ3v) is 6.92. The Kier molecular flexibility index (Phi) is 3.28. The number of aromatic nitrogens is 2. The summed E-state index contributed by atoms with van der Waals surface area (Å²) in [7, 11) is 0. The first-order chi connectivity index (χ1) is 12.0. The summed E-state index contributed by atoms with van der Waals surface area (Å²) in [4.78, 5) is 17.6. The largest absolute Gasteiger partial charge is 0.350 e. The van der Waals surface area contributed by atoms with E-state index in [2.05, 4.69) is 27.7 Å². The summed E-state index contributed by atoms with van der Waals surface area (Å²) >= 11 is 0. The van der Waals surface area contributed by atoms with Crippen molar-refractivity contribution in [3.8, 4) is 0 Å². The normalized spacial score (nSPS) is 33.1. The number of carbonyl (C=O) groups is 1. The zero-order chi connectivity index (χ0) is 17.2. The number of fused-ring (bicyclic) bond motifs is 1. The van der Waals surface area contributed by atoms with Crippen molar-refractivity contribution in [2.75, 3.05) is 0 Å². The lowest BCUT2D eigenvalue weighted by molar-refractivity contribution is -0.126. The summed E-state index contributed by atoms with van der Waals surface area (Å²) in [6.07, 6.45) is 10.3. The summed E-state index contributed by atoms with van der Waals surface area (Å²) in [5, 5.41) is 3.49. The minimum atomic E-state index is 0.0934. The molecule has 1 amide bonds. The van der Waals surface area contributed by atoms with Crippen LogP contribution >= 0.6 is 0 Å². The molecular formula is C21H27N3O. The lowest BCUT2D eigenvalue weighted by Crippen LogP contribution is -2.60. The zero-order valence-electron chi connectivity index (χ0n) is 15.2. The number of hydrogen-bond donors (Lipinski definition) is 1. The monoisotopic (exact) mass is 337 g/mol. The molecule has 2 aromatic rings. The predicted molar refractivity (Wildman–Crippen MR) is 97.4 cm³/mol. The van der Waals surface area contributed by atoms with Crippen LogP contribution in [0.1, 0.15) is 55.5 Å². The highest BCUT2D eigenvalue weighted by molar-refractivity contribution is 5.79. The van der Waals surface area contributed by atoms with Crippen LogP contribution in [0.3, 0.4) is 0 Å². The average Bonchev–Trinajstić information content (AvgIpc) is 2.83. The van der Waals surface area contributed by atoms with Gasteiger partial charge in [-0.05, 0) is 81.8 Å². The Balaban J connectivity index is 1.38. The number of aryl methyl sites for hydroxylation is 2. The van der Waals surface area contributed by atoms with Gasteiger partial charge in [-0.2, -0.15) is 0 Å². The van der Waals surface area contributed by atoms with Gasteiger partial charge >= 0.3 is 0 Å². The standard InChI is InChI=1S/C21H27N3O/c1-13-4-3-5-24-18(14(2)22-20(13)24)9-19(25)23-21-10-15-6-16(11-21)8-17(7-15)12-21/h3-5,15-17H,6-12H2,1-2H3,(H,23,25). The highest BCUT2D eigenvalue weighted by Crippen LogP contribution is 2.55. The highest BCUT2D eigenvalue weighted by Gasteiger charge is 2.51. The second-order valence-electron chi connectivity index (χ2n) is 8.95. The first-order valence-electron chi connectivity index (χ1n) is 9.75. The fraction of sp³-hybridized carbons (Fsp3) is 0.619. The second kappa shape index (κ2) is 5.33. The molecule has 25 heavy (non-hydrogen) atoms. The number of pyridine rings is 1. The number of nitrogens with zero attached hydrogens (tertiary/aromatic N) is 2. The maximum atomic E-state index is 12.9. The van der Waals surface area contributed by atoms with Gasteiger partial charge in [0, 0.05) is 11.7 Å². The van der Waals surface area contributed by atoms with Gasteiger partial charge in [-0.15, -0.1) is 0 Å². The van der Waals surface area contributed by atoms with E-state index in [-0.39, 0.29) is 11.4 Å². The molecule has 0 aromatic carbocycles. The molecule has 0 aliphatic heterocycles. The summed E-state index contributed by atoms with van der Waals surface area (Å²) in [5.74, 6) is 2.73. The molecule has 0 radical (unpaired) electrons. The van der Waals surface area contributed by atoms with Crippen LogP contribution in [0.4, 0.5) is 0 Å². The molecule has 4 saturated carbocycles. The number of rotatable bonds is 3. The van der Waals surface area contributed by atoms with Gasteiger partial charge in [-0.1, -0.05) is 6.07 Å². The van der Waals surface area contributed by atoms with Crippen LogP contribution < -0.4 is 5.32 Å². The molecule has 4 aliphatic carbocycles. The second-order valence-corrected chi connectivity index (χ2v) is 8.95. The fourth-order valence-electron chi connectivity index (χ4n) is 6.33.